The average Bonchev–Trinajstić information content (AvgIpc) is 2.57. The minimum atomic E-state index is -3.76. The van der Waals surface area contributed by atoms with Crippen LogP contribution in [0, 0.1) is 6.92 Å². The molecule has 2 aromatic carbocycles. The lowest BCUT2D eigenvalue weighted by molar-refractivity contribution is -0.122. The van der Waals surface area contributed by atoms with Crippen molar-refractivity contribution in [2.24, 2.45) is 0 Å². The summed E-state index contributed by atoms with van der Waals surface area (Å²) in [6, 6.07) is 11.1. The molecular weight excluding hydrogens is 419 g/mol. The summed E-state index contributed by atoms with van der Waals surface area (Å²) in [5.74, 6) is -0.392. The maximum atomic E-state index is 13.0. The van der Waals surface area contributed by atoms with E-state index in [4.69, 9.17) is 23.2 Å². The van der Waals surface area contributed by atoms with Gasteiger partial charge in [0.15, 0.2) is 0 Å². The molecule has 5 nitrogen and oxygen atoms in total. The van der Waals surface area contributed by atoms with Crippen LogP contribution in [0.1, 0.15) is 37.4 Å². The molecule has 2 atom stereocenters. The normalized spacial score (nSPS) is 13.6. The molecule has 0 unspecified atom stereocenters. The van der Waals surface area contributed by atoms with Crippen molar-refractivity contribution in [3.63, 3.8) is 0 Å². The van der Waals surface area contributed by atoms with Crippen molar-refractivity contribution in [2.45, 2.75) is 39.3 Å². The zero-order valence-corrected chi connectivity index (χ0v) is 18.6. The van der Waals surface area contributed by atoms with Crippen molar-refractivity contribution >= 4 is 44.8 Å². The topological polar surface area (TPSA) is 66.5 Å². The average molecular weight is 443 g/mol. The number of anilines is 1. The Bertz CT molecular complexity index is 926. The maximum Gasteiger partial charge on any atom is 0.244 e. The molecule has 2 aromatic rings. The third-order valence-electron chi connectivity index (χ3n) is 4.37. The molecule has 0 aromatic heterocycles. The zero-order valence-electron chi connectivity index (χ0n) is 16.2. The zero-order chi connectivity index (χ0) is 21.1. The summed E-state index contributed by atoms with van der Waals surface area (Å²) in [6.45, 7) is 5.60. The van der Waals surface area contributed by atoms with Gasteiger partial charge in [-0.25, -0.2) is 8.42 Å². The van der Waals surface area contributed by atoms with Gasteiger partial charge in [-0.15, -0.1) is 0 Å². The van der Waals surface area contributed by atoms with Gasteiger partial charge >= 0.3 is 0 Å². The van der Waals surface area contributed by atoms with Gasteiger partial charge in [0.1, 0.15) is 6.04 Å². The first-order valence-corrected chi connectivity index (χ1v) is 11.5. The Morgan fingerprint density at radius 2 is 1.64 bits per heavy atom. The van der Waals surface area contributed by atoms with E-state index < -0.39 is 22.0 Å². The molecular formula is C20H24Cl2N2O3S. The van der Waals surface area contributed by atoms with Crippen molar-refractivity contribution in [3.8, 4) is 0 Å². The fourth-order valence-electron chi connectivity index (χ4n) is 2.97. The van der Waals surface area contributed by atoms with Crippen LogP contribution in [0.25, 0.3) is 0 Å². The van der Waals surface area contributed by atoms with E-state index in [2.05, 4.69) is 5.32 Å². The van der Waals surface area contributed by atoms with Gasteiger partial charge in [0.25, 0.3) is 0 Å². The van der Waals surface area contributed by atoms with Crippen LogP contribution in [0.2, 0.25) is 10.0 Å². The van der Waals surface area contributed by atoms with Gasteiger partial charge in [0.05, 0.1) is 18.0 Å². The first kappa shape index (κ1) is 22.5. The van der Waals surface area contributed by atoms with E-state index >= 15 is 0 Å². The number of hydrogen-bond donors (Lipinski definition) is 1. The van der Waals surface area contributed by atoms with Crippen LogP contribution < -0.4 is 9.62 Å². The molecule has 0 aliphatic carbocycles. The quantitative estimate of drug-likeness (QED) is 0.673. The number of benzene rings is 2. The number of nitrogens with one attached hydrogen (secondary N) is 1. The lowest BCUT2D eigenvalue weighted by Crippen LogP contribution is -2.49. The van der Waals surface area contributed by atoms with E-state index in [1.807, 2.05) is 38.1 Å². The van der Waals surface area contributed by atoms with Crippen molar-refractivity contribution in [3.05, 3.63) is 63.6 Å². The van der Waals surface area contributed by atoms with E-state index in [1.165, 1.54) is 18.2 Å². The van der Waals surface area contributed by atoms with Crippen LogP contribution in [0.4, 0.5) is 5.69 Å². The number of sulfonamides is 1. The van der Waals surface area contributed by atoms with E-state index in [0.717, 1.165) is 21.7 Å². The standard InChI is InChI=1S/C20H24Cl2N2O3S/c1-5-19(20(25)23-14(3)15-8-6-13(2)7-9-15)24(28(4,26)27)18-11-16(21)10-17(22)12-18/h6-12,14,19H,5H2,1-4H3,(H,23,25)/t14-,19+/m1/s1. The summed E-state index contributed by atoms with van der Waals surface area (Å²) >= 11 is 12.1. The molecule has 0 radical (unpaired) electrons. The van der Waals surface area contributed by atoms with Crippen LogP contribution in [0.5, 0.6) is 0 Å². The third-order valence-corrected chi connectivity index (χ3v) is 5.98. The highest BCUT2D eigenvalue weighted by molar-refractivity contribution is 7.92. The molecule has 0 aliphatic rings. The van der Waals surface area contributed by atoms with E-state index in [9.17, 15) is 13.2 Å². The first-order valence-electron chi connectivity index (χ1n) is 8.85. The van der Waals surface area contributed by atoms with Gasteiger partial charge in [-0.2, -0.15) is 0 Å². The van der Waals surface area contributed by atoms with Crippen LogP contribution >= 0.6 is 23.2 Å². The summed E-state index contributed by atoms with van der Waals surface area (Å²) < 4.78 is 26.1. The summed E-state index contributed by atoms with van der Waals surface area (Å²) in [7, 11) is -3.76. The fraction of sp³-hybridized carbons (Fsp3) is 0.350. The molecule has 8 heteroatoms. The predicted octanol–water partition coefficient (Wildman–Crippen LogP) is 4.72. The molecule has 0 spiro atoms. The van der Waals surface area contributed by atoms with Crippen LogP contribution in [0.15, 0.2) is 42.5 Å². The number of nitrogens with zero attached hydrogens (tertiary/aromatic N) is 1. The molecule has 0 heterocycles. The van der Waals surface area contributed by atoms with Crippen molar-refractivity contribution in [1.29, 1.82) is 0 Å². The Morgan fingerprint density at radius 1 is 1.11 bits per heavy atom. The molecule has 152 valence electrons. The third kappa shape index (κ3) is 5.63. The largest absolute Gasteiger partial charge is 0.348 e. The van der Waals surface area contributed by atoms with Crippen LogP contribution in [-0.2, 0) is 14.8 Å². The maximum absolute atomic E-state index is 13.0. The highest BCUT2D eigenvalue weighted by atomic mass is 35.5. The molecule has 1 N–H and O–H groups in total. The number of hydrogen-bond acceptors (Lipinski definition) is 3. The lowest BCUT2D eigenvalue weighted by Gasteiger charge is -2.31. The Labute approximate surface area is 176 Å². The second-order valence-corrected chi connectivity index (χ2v) is 9.48. The van der Waals surface area contributed by atoms with Crippen molar-refractivity contribution < 1.29 is 13.2 Å². The number of aryl methyl sites for hydroxylation is 1. The predicted molar refractivity (Wildman–Crippen MR) is 116 cm³/mol. The van der Waals surface area contributed by atoms with Crippen molar-refractivity contribution in [2.75, 3.05) is 10.6 Å². The summed E-state index contributed by atoms with van der Waals surface area (Å²) in [6.07, 6.45) is 1.34. The summed E-state index contributed by atoms with van der Waals surface area (Å²) in [4.78, 5) is 13.0. The van der Waals surface area contributed by atoms with E-state index in [0.29, 0.717) is 10.0 Å². The smallest absolute Gasteiger partial charge is 0.244 e. The van der Waals surface area contributed by atoms with Crippen molar-refractivity contribution in [1.82, 2.24) is 5.32 Å². The van der Waals surface area contributed by atoms with Crippen LogP contribution in [-0.4, -0.2) is 26.6 Å². The van der Waals surface area contributed by atoms with Gasteiger partial charge < -0.3 is 5.32 Å². The van der Waals surface area contributed by atoms with Gasteiger partial charge in [0.2, 0.25) is 15.9 Å². The molecule has 2 rings (SSSR count). The Kier molecular flexibility index (Phi) is 7.37. The number of halogens is 2. The highest BCUT2D eigenvalue weighted by Crippen LogP contribution is 2.29. The Morgan fingerprint density at radius 3 is 2.11 bits per heavy atom. The Balaban J connectivity index is 2.34. The lowest BCUT2D eigenvalue weighted by atomic mass is 10.1. The fourth-order valence-corrected chi connectivity index (χ4v) is 4.68. The molecule has 0 saturated carbocycles. The molecule has 0 bridgehead atoms. The molecule has 0 saturated heterocycles. The van der Waals surface area contributed by atoms with Gasteiger partial charge in [-0.3, -0.25) is 9.10 Å². The van der Waals surface area contributed by atoms with Gasteiger partial charge in [-0.1, -0.05) is 60.0 Å². The second-order valence-electron chi connectivity index (χ2n) is 6.75. The molecule has 0 aliphatic heterocycles. The minimum absolute atomic E-state index is 0.255. The first-order chi connectivity index (χ1) is 13.0. The minimum Gasteiger partial charge on any atom is -0.348 e. The number of carbonyl (C=O) groups is 1. The molecule has 0 fully saturated rings. The summed E-state index contributed by atoms with van der Waals surface area (Å²) in [5, 5.41) is 3.49. The number of carbonyl (C=O) groups excluding carboxylic acids is 1. The van der Waals surface area contributed by atoms with Gasteiger partial charge in [-0.05, 0) is 44.0 Å². The SMILES string of the molecule is CC[C@@H](C(=O)N[C@H](C)c1ccc(C)cc1)N(c1cc(Cl)cc(Cl)c1)S(C)(=O)=O. The molecule has 28 heavy (non-hydrogen) atoms. The van der Waals surface area contributed by atoms with E-state index in [1.54, 1.807) is 6.92 Å². The van der Waals surface area contributed by atoms with Crippen LogP contribution in [0.3, 0.4) is 0 Å². The summed E-state index contributed by atoms with van der Waals surface area (Å²) in [5.41, 5.74) is 2.31. The molecule has 1 amide bonds. The highest BCUT2D eigenvalue weighted by Gasteiger charge is 2.32. The Hall–Kier alpha value is -1.76. The number of rotatable bonds is 7. The second kappa shape index (κ2) is 9.16. The number of amides is 1. The van der Waals surface area contributed by atoms with Gasteiger partial charge in [0, 0.05) is 10.0 Å². The van der Waals surface area contributed by atoms with E-state index in [-0.39, 0.29) is 18.2 Å². The monoisotopic (exact) mass is 442 g/mol.